The first kappa shape index (κ1) is 16.8. The van der Waals surface area contributed by atoms with Crippen LogP contribution in [-0.2, 0) is 35.6 Å². The molecule has 26 heavy (non-hydrogen) atoms. The Morgan fingerprint density at radius 3 is 3.12 bits per heavy atom. The van der Waals surface area contributed by atoms with Gasteiger partial charge in [-0.05, 0) is 6.07 Å². The molecular formula is C17H23N7O2. The van der Waals surface area contributed by atoms with Crippen molar-refractivity contribution in [1.82, 2.24) is 35.3 Å². The van der Waals surface area contributed by atoms with E-state index in [1.807, 2.05) is 22.6 Å². The molecule has 0 radical (unpaired) electrons. The monoisotopic (exact) mass is 357 g/mol. The topological polar surface area (TPSA) is 108 Å². The molecule has 0 saturated heterocycles. The first-order valence-electron chi connectivity index (χ1n) is 9.02. The van der Waals surface area contributed by atoms with Crippen LogP contribution in [0.5, 0.6) is 0 Å². The van der Waals surface area contributed by atoms with E-state index >= 15 is 0 Å². The summed E-state index contributed by atoms with van der Waals surface area (Å²) in [6.45, 7) is 4.79. The van der Waals surface area contributed by atoms with Crippen molar-refractivity contribution in [3.05, 3.63) is 35.2 Å². The van der Waals surface area contributed by atoms with E-state index < -0.39 is 0 Å². The van der Waals surface area contributed by atoms with Gasteiger partial charge in [0.1, 0.15) is 6.04 Å². The van der Waals surface area contributed by atoms with Crippen molar-refractivity contribution < 1.29 is 9.59 Å². The lowest BCUT2D eigenvalue weighted by Crippen LogP contribution is -2.46. The van der Waals surface area contributed by atoms with Crippen LogP contribution in [0.15, 0.2) is 12.4 Å². The predicted octanol–water partition coefficient (Wildman–Crippen LogP) is -0.138. The summed E-state index contributed by atoms with van der Waals surface area (Å²) in [5.41, 5.74) is 3.66. The highest BCUT2D eigenvalue weighted by molar-refractivity contribution is 5.83. The fraction of sp³-hybridized carbons (Fsp3) is 0.529. The molecule has 0 saturated carbocycles. The van der Waals surface area contributed by atoms with Crippen LogP contribution < -0.4 is 10.6 Å². The van der Waals surface area contributed by atoms with Crippen LogP contribution in [-0.4, -0.2) is 49.6 Å². The van der Waals surface area contributed by atoms with Gasteiger partial charge in [-0.1, -0.05) is 6.92 Å². The fourth-order valence-electron chi connectivity index (χ4n) is 3.52. The minimum atomic E-state index is -0.386. The summed E-state index contributed by atoms with van der Waals surface area (Å²) in [5, 5.41) is 10.6. The SMILES string of the molecule is CCC(=O)NCc1cc2n(n1)CCN(C(=O)C1NCCc3[nH]cnc31)C2. The molecule has 4 heterocycles. The van der Waals surface area contributed by atoms with Crippen molar-refractivity contribution in [2.75, 3.05) is 13.1 Å². The number of carbonyl (C=O) groups excluding carboxylic acids is 2. The Kier molecular flexibility index (Phi) is 4.46. The Hall–Kier alpha value is -2.68. The van der Waals surface area contributed by atoms with Crippen molar-refractivity contribution in [2.24, 2.45) is 0 Å². The maximum absolute atomic E-state index is 13.0. The maximum Gasteiger partial charge on any atom is 0.246 e. The van der Waals surface area contributed by atoms with Crippen LogP contribution in [0.3, 0.4) is 0 Å². The van der Waals surface area contributed by atoms with Crippen LogP contribution in [0.2, 0.25) is 0 Å². The highest BCUT2D eigenvalue weighted by Crippen LogP contribution is 2.23. The van der Waals surface area contributed by atoms with E-state index in [4.69, 9.17) is 0 Å². The summed E-state index contributed by atoms with van der Waals surface area (Å²) in [6, 6.07) is 1.58. The lowest BCUT2D eigenvalue weighted by Gasteiger charge is -2.32. The van der Waals surface area contributed by atoms with Gasteiger partial charge in [0.15, 0.2) is 0 Å². The van der Waals surface area contributed by atoms with Gasteiger partial charge >= 0.3 is 0 Å². The van der Waals surface area contributed by atoms with Crippen molar-refractivity contribution >= 4 is 11.8 Å². The van der Waals surface area contributed by atoms with Crippen LogP contribution in [0.4, 0.5) is 0 Å². The number of nitrogens with zero attached hydrogens (tertiary/aromatic N) is 4. The number of rotatable bonds is 4. The molecule has 3 N–H and O–H groups in total. The van der Waals surface area contributed by atoms with Gasteiger partial charge in [0.25, 0.3) is 0 Å². The number of H-pyrrole nitrogens is 1. The smallest absolute Gasteiger partial charge is 0.246 e. The molecule has 0 aromatic carbocycles. The lowest BCUT2D eigenvalue weighted by atomic mass is 10.0. The Bertz CT molecular complexity index is 825. The zero-order valence-corrected chi connectivity index (χ0v) is 14.8. The molecule has 9 nitrogen and oxygen atoms in total. The fourth-order valence-corrected chi connectivity index (χ4v) is 3.52. The second-order valence-electron chi connectivity index (χ2n) is 6.64. The summed E-state index contributed by atoms with van der Waals surface area (Å²) < 4.78 is 1.92. The van der Waals surface area contributed by atoms with Crippen LogP contribution in [0.1, 0.15) is 42.2 Å². The number of imidazole rings is 1. The molecule has 4 rings (SSSR count). The van der Waals surface area contributed by atoms with Crippen LogP contribution >= 0.6 is 0 Å². The number of nitrogens with one attached hydrogen (secondary N) is 3. The minimum Gasteiger partial charge on any atom is -0.350 e. The summed E-state index contributed by atoms with van der Waals surface area (Å²) in [6.07, 6.45) is 2.97. The Morgan fingerprint density at radius 2 is 2.27 bits per heavy atom. The largest absolute Gasteiger partial charge is 0.350 e. The molecule has 0 fully saturated rings. The number of carbonyl (C=O) groups is 2. The second kappa shape index (κ2) is 6.91. The number of fused-ring (bicyclic) bond motifs is 2. The van der Waals surface area contributed by atoms with E-state index in [9.17, 15) is 9.59 Å². The molecule has 2 amide bonds. The van der Waals surface area contributed by atoms with E-state index in [-0.39, 0.29) is 17.9 Å². The first-order valence-corrected chi connectivity index (χ1v) is 9.02. The van der Waals surface area contributed by atoms with Gasteiger partial charge < -0.3 is 20.5 Å². The van der Waals surface area contributed by atoms with E-state index in [1.165, 1.54) is 0 Å². The predicted molar refractivity (Wildman–Crippen MR) is 92.8 cm³/mol. The summed E-state index contributed by atoms with van der Waals surface area (Å²) in [4.78, 5) is 33.7. The standard InChI is InChI=1S/C17H23N7O2/c1-2-14(25)19-8-11-7-12-9-23(5-6-24(12)22-11)17(26)16-15-13(3-4-18-16)20-10-21-15/h7,10,16,18H,2-6,8-9H2,1H3,(H,19,25)(H,20,21). The zero-order chi connectivity index (χ0) is 18.1. The molecule has 2 aromatic heterocycles. The van der Waals surface area contributed by atoms with Gasteiger partial charge in [-0.2, -0.15) is 5.10 Å². The van der Waals surface area contributed by atoms with Gasteiger partial charge in [0, 0.05) is 31.6 Å². The molecule has 138 valence electrons. The van der Waals surface area contributed by atoms with E-state index in [0.717, 1.165) is 35.7 Å². The average molecular weight is 357 g/mol. The molecule has 2 aliphatic rings. The van der Waals surface area contributed by atoms with E-state index in [1.54, 1.807) is 6.33 Å². The second-order valence-corrected chi connectivity index (χ2v) is 6.64. The van der Waals surface area contributed by atoms with Crippen molar-refractivity contribution in [3.63, 3.8) is 0 Å². The molecule has 2 aromatic rings. The summed E-state index contributed by atoms with van der Waals surface area (Å²) in [5.74, 6) is 0.0530. The van der Waals surface area contributed by atoms with E-state index in [2.05, 4.69) is 25.7 Å². The average Bonchev–Trinajstić information content (AvgIpc) is 3.30. The van der Waals surface area contributed by atoms with E-state index in [0.29, 0.717) is 32.6 Å². The number of amides is 2. The number of hydrogen-bond acceptors (Lipinski definition) is 5. The molecule has 2 aliphatic heterocycles. The molecule has 1 unspecified atom stereocenters. The molecule has 1 atom stereocenters. The third kappa shape index (κ3) is 3.10. The third-order valence-corrected chi connectivity index (χ3v) is 4.94. The normalized spacial score (nSPS) is 19.0. The number of aromatic nitrogens is 4. The van der Waals surface area contributed by atoms with Crippen molar-refractivity contribution in [1.29, 1.82) is 0 Å². The highest BCUT2D eigenvalue weighted by atomic mass is 16.2. The Labute approximate surface area is 151 Å². The highest BCUT2D eigenvalue weighted by Gasteiger charge is 2.33. The maximum atomic E-state index is 13.0. The quantitative estimate of drug-likeness (QED) is 0.706. The van der Waals surface area contributed by atoms with Gasteiger partial charge in [0.2, 0.25) is 11.8 Å². The Balaban J connectivity index is 1.45. The van der Waals surface area contributed by atoms with Crippen molar-refractivity contribution in [3.8, 4) is 0 Å². The molecule has 9 heteroatoms. The zero-order valence-electron chi connectivity index (χ0n) is 14.8. The number of hydrogen-bond donors (Lipinski definition) is 3. The number of aromatic amines is 1. The summed E-state index contributed by atoms with van der Waals surface area (Å²) in [7, 11) is 0. The minimum absolute atomic E-state index is 0.00551. The van der Waals surface area contributed by atoms with Crippen molar-refractivity contribution in [2.45, 2.75) is 45.4 Å². The van der Waals surface area contributed by atoms with Gasteiger partial charge in [-0.15, -0.1) is 0 Å². The van der Waals surface area contributed by atoms with Gasteiger partial charge in [-0.25, -0.2) is 4.98 Å². The Morgan fingerprint density at radius 1 is 1.38 bits per heavy atom. The molecular weight excluding hydrogens is 334 g/mol. The van der Waals surface area contributed by atoms with Crippen LogP contribution in [0, 0.1) is 0 Å². The van der Waals surface area contributed by atoms with Gasteiger partial charge in [0.05, 0.1) is 43.0 Å². The summed E-state index contributed by atoms with van der Waals surface area (Å²) >= 11 is 0. The third-order valence-electron chi connectivity index (χ3n) is 4.94. The lowest BCUT2D eigenvalue weighted by molar-refractivity contribution is -0.135. The first-order chi connectivity index (χ1) is 12.7. The van der Waals surface area contributed by atoms with Gasteiger partial charge in [-0.3, -0.25) is 14.3 Å². The molecule has 0 bridgehead atoms. The molecule has 0 spiro atoms. The molecule has 0 aliphatic carbocycles. The van der Waals surface area contributed by atoms with Crippen LogP contribution in [0.25, 0.3) is 0 Å².